The first-order valence-electron chi connectivity index (χ1n) is 11.7. The number of hydrogen-bond donors (Lipinski definition) is 0. The second kappa shape index (κ2) is 8.67. The Balaban J connectivity index is 1.44. The molecule has 0 saturated carbocycles. The van der Waals surface area contributed by atoms with Crippen LogP contribution in [0.4, 0.5) is 5.69 Å². The van der Waals surface area contributed by atoms with Crippen LogP contribution in [-0.4, -0.2) is 40.8 Å². The van der Waals surface area contributed by atoms with Crippen LogP contribution in [0.2, 0.25) is 5.02 Å². The van der Waals surface area contributed by atoms with Crippen LogP contribution in [0.1, 0.15) is 34.5 Å². The highest BCUT2D eigenvalue weighted by Crippen LogP contribution is 2.53. The molecule has 3 aromatic carbocycles. The van der Waals surface area contributed by atoms with Crippen LogP contribution < -0.4 is 9.64 Å². The number of hydrogen-bond acceptors (Lipinski definition) is 7. The molecule has 0 N–H and O–H groups in total. The first kappa shape index (κ1) is 23.1. The molecule has 0 spiro atoms. The average molecular weight is 514 g/mol. The van der Waals surface area contributed by atoms with Gasteiger partial charge in [0.1, 0.15) is 11.8 Å². The predicted octanol–water partition coefficient (Wildman–Crippen LogP) is 4.03. The smallest absolute Gasteiger partial charge is 0.308 e. The Morgan fingerprint density at radius 1 is 0.892 bits per heavy atom. The van der Waals surface area contributed by atoms with E-state index in [9.17, 15) is 19.2 Å². The second-order valence-electron chi connectivity index (χ2n) is 9.17. The number of ketones is 1. The third-order valence-electron chi connectivity index (χ3n) is 7.05. The molecule has 2 saturated heterocycles. The Bertz CT molecular complexity index is 1480. The molecule has 4 atom stereocenters. The Hall–Kier alpha value is -4.30. The zero-order valence-electron chi connectivity index (χ0n) is 19.6. The van der Waals surface area contributed by atoms with Gasteiger partial charge in [0.15, 0.2) is 5.78 Å². The summed E-state index contributed by atoms with van der Waals surface area (Å²) in [5.41, 5.74) is 2.41. The molecule has 3 aliphatic rings. The van der Waals surface area contributed by atoms with E-state index in [0.29, 0.717) is 22.0 Å². The number of rotatable bonds is 4. The van der Waals surface area contributed by atoms with Crippen LogP contribution in [-0.2, 0) is 14.4 Å². The van der Waals surface area contributed by atoms with Gasteiger partial charge in [0.25, 0.3) is 0 Å². The fraction of sp³-hybridized carbons (Fsp3) is 0.179. The summed E-state index contributed by atoms with van der Waals surface area (Å²) in [5, 5.41) is 6.66. The van der Waals surface area contributed by atoms with Crippen molar-refractivity contribution in [2.24, 2.45) is 16.9 Å². The molecule has 6 rings (SSSR count). The first-order valence-corrected chi connectivity index (χ1v) is 12.1. The maximum atomic E-state index is 13.9. The summed E-state index contributed by atoms with van der Waals surface area (Å²) < 4.78 is 5.07. The van der Waals surface area contributed by atoms with Gasteiger partial charge in [-0.2, -0.15) is 5.10 Å². The topological polar surface area (TPSA) is 96.3 Å². The fourth-order valence-electron chi connectivity index (χ4n) is 5.54. The van der Waals surface area contributed by atoms with Crippen molar-refractivity contribution in [2.45, 2.75) is 19.0 Å². The van der Waals surface area contributed by atoms with Crippen molar-refractivity contribution in [3.63, 3.8) is 0 Å². The van der Waals surface area contributed by atoms with E-state index in [4.69, 9.17) is 16.3 Å². The first-order chi connectivity index (χ1) is 17.8. The number of amides is 2. The van der Waals surface area contributed by atoms with Gasteiger partial charge in [-0.3, -0.25) is 24.2 Å². The lowest BCUT2D eigenvalue weighted by molar-refractivity contribution is -0.132. The van der Waals surface area contributed by atoms with E-state index >= 15 is 0 Å². The Labute approximate surface area is 217 Å². The molecular weight excluding hydrogens is 494 g/mol. The summed E-state index contributed by atoms with van der Waals surface area (Å²) in [5.74, 6) is -3.09. The fourth-order valence-corrected chi connectivity index (χ4v) is 5.66. The number of anilines is 1. The van der Waals surface area contributed by atoms with Gasteiger partial charge in [0, 0.05) is 17.5 Å². The monoisotopic (exact) mass is 513 g/mol. The quantitative estimate of drug-likeness (QED) is 0.226. The third kappa shape index (κ3) is 3.64. The van der Waals surface area contributed by atoms with Gasteiger partial charge in [0.2, 0.25) is 11.8 Å². The highest BCUT2D eigenvalue weighted by molar-refractivity contribution is 6.30. The number of imide groups is 1. The van der Waals surface area contributed by atoms with Crippen molar-refractivity contribution < 1.29 is 23.9 Å². The van der Waals surface area contributed by atoms with Gasteiger partial charge in [0.05, 0.1) is 29.8 Å². The van der Waals surface area contributed by atoms with Crippen molar-refractivity contribution in [3.05, 3.63) is 94.5 Å². The van der Waals surface area contributed by atoms with E-state index in [2.05, 4.69) is 5.10 Å². The minimum absolute atomic E-state index is 0.299. The van der Waals surface area contributed by atoms with Crippen LogP contribution in [0, 0.1) is 11.8 Å². The molecule has 37 heavy (non-hydrogen) atoms. The van der Waals surface area contributed by atoms with Gasteiger partial charge >= 0.3 is 5.97 Å². The number of esters is 1. The number of fused-ring (bicyclic) bond motifs is 5. The SMILES string of the molecule is CC(=O)Oc1ccc(N2C(=O)[C@@H]3[C@H](C2=O)C2c4ccccc4C=NN2[C@@H]3C(=O)c2ccc(Cl)cc2)cc1. The summed E-state index contributed by atoms with van der Waals surface area (Å²) in [6.07, 6.45) is 1.66. The standard InChI is InChI=1S/C28H20ClN3O5/c1-15(33)37-20-12-10-19(11-13-20)31-27(35)22-23(28(31)36)25(26(34)16-6-8-18(29)9-7-16)32-24(22)21-5-3-2-4-17(21)14-30-32/h2-14,22-25H,1H3/t22-,23+,24?,25-/m0/s1. The van der Waals surface area contributed by atoms with Crippen molar-refractivity contribution in [2.75, 3.05) is 4.90 Å². The van der Waals surface area contributed by atoms with E-state index in [1.54, 1.807) is 47.6 Å². The molecule has 2 amide bonds. The predicted molar refractivity (Wildman–Crippen MR) is 135 cm³/mol. The lowest BCUT2D eigenvalue weighted by atomic mass is 9.83. The third-order valence-corrected chi connectivity index (χ3v) is 7.30. The van der Waals surface area contributed by atoms with Gasteiger partial charge in [-0.25, -0.2) is 4.90 Å². The minimum Gasteiger partial charge on any atom is -0.427 e. The number of halogens is 1. The molecule has 3 heterocycles. The van der Waals surface area contributed by atoms with E-state index in [1.165, 1.54) is 19.1 Å². The number of nitrogens with zero attached hydrogens (tertiary/aromatic N) is 3. The van der Waals surface area contributed by atoms with Gasteiger partial charge in [-0.15, -0.1) is 0 Å². The van der Waals surface area contributed by atoms with Crippen molar-refractivity contribution in [1.82, 2.24) is 5.01 Å². The van der Waals surface area contributed by atoms with Crippen LogP contribution in [0.3, 0.4) is 0 Å². The van der Waals surface area contributed by atoms with Crippen molar-refractivity contribution >= 4 is 47.1 Å². The maximum absolute atomic E-state index is 13.9. The number of carbonyl (C=O) groups is 4. The molecule has 1 unspecified atom stereocenters. The normalized spacial score (nSPS) is 23.5. The van der Waals surface area contributed by atoms with Crippen LogP contribution >= 0.6 is 11.6 Å². The van der Waals surface area contributed by atoms with E-state index < -0.39 is 41.7 Å². The van der Waals surface area contributed by atoms with Crippen LogP contribution in [0.25, 0.3) is 0 Å². The van der Waals surface area contributed by atoms with E-state index in [-0.39, 0.29) is 5.78 Å². The lowest BCUT2D eigenvalue weighted by Crippen LogP contribution is -2.44. The zero-order valence-corrected chi connectivity index (χ0v) is 20.3. The summed E-state index contributed by atoms with van der Waals surface area (Å²) in [6.45, 7) is 1.29. The molecule has 0 radical (unpaired) electrons. The summed E-state index contributed by atoms with van der Waals surface area (Å²) in [4.78, 5) is 54.0. The molecule has 184 valence electrons. The molecule has 0 aromatic heterocycles. The van der Waals surface area contributed by atoms with Crippen LogP contribution in [0.5, 0.6) is 5.75 Å². The highest BCUT2D eigenvalue weighted by atomic mass is 35.5. The lowest BCUT2D eigenvalue weighted by Gasteiger charge is -2.33. The van der Waals surface area contributed by atoms with Crippen LogP contribution in [0.15, 0.2) is 77.9 Å². The average Bonchev–Trinajstić information content (AvgIpc) is 3.37. The largest absolute Gasteiger partial charge is 0.427 e. The highest BCUT2D eigenvalue weighted by Gasteiger charge is 2.65. The molecule has 0 aliphatic carbocycles. The van der Waals surface area contributed by atoms with Gasteiger partial charge in [-0.1, -0.05) is 35.9 Å². The Kier molecular flexibility index (Phi) is 5.42. The van der Waals surface area contributed by atoms with Crippen molar-refractivity contribution in [3.8, 4) is 5.75 Å². The Morgan fingerprint density at radius 2 is 1.57 bits per heavy atom. The number of hydrazone groups is 1. The molecule has 2 fully saturated rings. The molecular formula is C28H20ClN3O5. The zero-order chi connectivity index (χ0) is 25.8. The summed E-state index contributed by atoms with van der Waals surface area (Å²) in [7, 11) is 0. The molecule has 3 aromatic rings. The Morgan fingerprint density at radius 3 is 2.27 bits per heavy atom. The number of ether oxygens (including phenoxy) is 1. The number of carbonyl (C=O) groups excluding carboxylic acids is 4. The van der Waals surface area contributed by atoms with Crippen molar-refractivity contribution in [1.29, 1.82) is 0 Å². The van der Waals surface area contributed by atoms with Gasteiger partial charge < -0.3 is 4.74 Å². The number of Topliss-reactive ketones (excluding diaryl/α,β-unsaturated/α-hetero) is 1. The summed E-state index contributed by atoms with van der Waals surface area (Å²) in [6, 6.07) is 18.6. The molecule has 0 bridgehead atoms. The maximum Gasteiger partial charge on any atom is 0.308 e. The van der Waals surface area contributed by atoms with Gasteiger partial charge in [-0.05, 0) is 59.7 Å². The molecule has 8 nitrogen and oxygen atoms in total. The molecule has 9 heteroatoms. The molecule has 3 aliphatic heterocycles. The summed E-state index contributed by atoms with van der Waals surface area (Å²) >= 11 is 6.02. The minimum atomic E-state index is -0.970. The second-order valence-corrected chi connectivity index (χ2v) is 9.60. The van der Waals surface area contributed by atoms with E-state index in [0.717, 1.165) is 16.0 Å². The number of benzene rings is 3. The van der Waals surface area contributed by atoms with E-state index in [1.807, 2.05) is 24.3 Å².